The molecule has 2 aromatic rings. The molecule has 0 spiro atoms. The summed E-state index contributed by atoms with van der Waals surface area (Å²) in [6.07, 6.45) is 0.807. The van der Waals surface area contributed by atoms with Gasteiger partial charge in [-0.15, -0.1) is 0 Å². The Hall–Kier alpha value is -1.69. The van der Waals surface area contributed by atoms with Gasteiger partial charge in [-0.3, -0.25) is 0 Å². The van der Waals surface area contributed by atoms with E-state index in [0.717, 1.165) is 33.5 Å². The third kappa shape index (κ3) is 1.64. The molecule has 2 heterocycles. The molecule has 0 unspecified atom stereocenters. The molecule has 1 aliphatic heterocycles. The molecular weight excluding hydrogens is 300 g/mol. The first-order valence-electron chi connectivity index (χ1n) is 5.54. The number of hydrogen-bond acceptors (Lipinski definition) is 5. The largest absolute Gasteiger partial charge is 0.453 e. The van der Waals surface area contributed by atoms with Crippen LogP contribution in [0.1, 0.15) is 12.5 Å². The maximum absolute atomic E-state index is 5.56. The van der Waals surface area contributed by atoms with Crippen LogP contribution in [0.5, 0.6) is 11.5 Å². The molecule has 18 heavy (non-hydrogen) atoms. The lowest BCUT2D eigenvalue weighted by Crippen LogP contribution is -1.95. The van der Waals surface area contributed by atoms with Crippen LogP contribution in [0, 0.1) is 0 Å². The van der Waals surface area contributed by atoms with Crippen molar-refractivity contribution in [3.8, 4) is 22.8 Å². The van der Waals surface area contributed by atoms with Crippen LogP contribution in [-0.4, -0.2) is 11.9 Å². The summed E-state index contributed by atoms with van der Waals surface area (Å²) in [6, 6.07) is 3.65. The van der Waals surface area contributed by atoms with Crippen molar-refractivity contribution in [2.24, 2.45) is 0 Å². The molecule has 0 saturated carbocycles. The van der Waals surface area contributed by atoms with Crippen LogP contribution < -0.4 is 15.2 Å². The highest BCUT2D eigenvalue weighted by atomic mass is 79.9. The Bertz CT molecular complexity index is 610. The number of aromatic nitrogens is 1. The van der Waals surface area contributed by atoms with E-state index in [2.05, 4.69) is 28.0 Å². The molecule has 1 aromatic carbocycles. The second-order valence-corrected chi connectivity index (χ2v) is 4.77. The maximum Gasteiger partial charge on any atom is 0.231 e. The molecule has 0 aliphatic carbocycles. The van der Waals surface area contributed by atoms with Gasteiger partial charge in [0.1, 0.15) is 5.69 Å². The fraction of sp³-hybridized carbons (Fsp3) is 0.250. The monoisotopic (exact) mass is 310 g/mol. The molecule has 0 radical (unpaired) electrons. The van der Waals surface area contributed by atoms with Gasteiger partial charge in [0.25, 0.3) is 0 Å². The molecule has 0 fully saturated rings. The van der Waals surface area contributed by atoms with Gasteiger partial charge in [-0.05, 0) is 28.4 Å². The Morgan fingerprint density at radius 3 is 2.78 bits per heavy atom. The zero-order valence-corrected chi connectivity index (χ0v) is 11.3. The van der Waals surface area contributed by atoms with Gasteiger partial charge in [-0.2, -0.15) is 0 Å². The Kier molecular flexibility index (Phi) is 2.66. The van der Waals surface area contributed by atoms with Crippen molar-refractivity contribution >= 4 is 21.8 Å². The minimum Gasteiger partial charge on any atom is -0.453 e. The standard InChI is InChI=1S/C12H11BrN2O3/c1-2-6-7(9-4-10(14)18-15-9)3-8(13)12-11(6)16-5-17-12/h3-4H,2,5,14H2,1H3. The van der Waals surface area contributed by atoms with Crippen LogP contribution in [0.25, 0.3) is 11.3 Å². The molecule has 0 bridgehead atoms. The SMILES string of the molecule is CCc1c(-c2cc(N)on2)cc(Br)c2c1OCO2. The van der Waals surface area contributed by atoms with Crippen molar-refractivity contribution < 1.29 is 14.0 Å². The number of benzene rings is 1. The van der Waals surface area contributed by atoms with Crippen molar-refractivity contribution in [3.05, 3.63) is 22.2 Å². The normalized spacial score (nSPS) is 13.0. The molecular formula is C12H11BrN2O3. The van der Waals surface area contributed by atoms with E-state index in [9.17, 15) is 0 Å². The minimum atomic E-state index is 0.241. The quantitative estimate of drug-likeness (QED) is 0.923. The average molecular weight is 311 g/mol. The fourth-order valence-corrected chi connectivity index (χ4v) is 2.60. The summed E-state index contributed by atoms with van der Waals surface area (Å²) >= 11 is 3.47. The van der Waals surface area contributed by atoms with Gasteiger partial charge in [0.15, 0.2) is 11.5 Å². The summed E-state index contributed by atoms with van der Waals surface area (Å²) in [4.78, 5) is 0. The van der Waals surface area contributed by atoms with Gasteiger partial charge < -0.3 is 19.7 Å². The first-order valence-corrected chi connectivity index (χ1v) is 6.33. The number of rotatable bonds is 2. The number of halogens is 1. The van der Waals surface area contributed by atoms with E-state index < -0.39 is 0 Å². The van der Waals surface area contributed by atoms with Gasteiger partial charge in [0.2, 0.25) is 12.7 Å². The van der Waals surface area contributed by atoms with Crippen molar-refractivity contribution in [2.45, 2.75) is 13.3 Å². The zero-order chi connectivity index (χ0) is 12.7. The number of anilines is 1. The Balaban J connectivity index is 2.23. The van der Waals surface area contributed by atoms with Crippen molar-refractivity contribution in [2.75, 3.05) is 12.5 Å². The molecule has 2 N–H and O–H groups in total. The van der Waals surface area contributed by atoms with Gasteiger partial charge >= 0.3 is 0 Å². The highest BCUT2D eigenvalue weighted by Gasteiger charge is 2.25. The summed E-state index contributed by atoms with van der Waals surface area (Å²) in [5.41, 5.74) is 8.24. The van der Waals surface area contributed by atoms with E-state index in [1.54, 1.807) is 6.07 Å². The van der Waals surface area contributed by atoms with Gasteiger partial charge in [0.05, 0.1) is 4.47 Å². The molecule has 3 rings (SSSR count). The summed E-state index contributed by atoms with van der Waals surface area (Å²) in [5, 5.41) is 3.94. The van der Waals surface area contributed by atoms with Crippen LogP contribution in [0.15, 0.2) is 21.1 Å². The number of nitrogens with zero attached hydrogens (tertiary/aromatic N) is 1. The van der Waals surface area contributed by atoms with Crippen LogP contribution in [0.4, 0.5) is 5.88 Å². The highest BCUT2D eigenvalue weighted by Crippen LogP contribution is 2.46. The van der Waals surface area contributed by atoms with Crippen molar-refractivity contribution in [1.82, 2.24) is 5.16 Å². The molecule has 0 atom stereocenters. The summed E-state index contributed by atoms with van der Waals surface area (Å²) in [5.74, 6) is 1.80. The smallest absolute Gasteiger partial charge is 0.231 e. The molecule has 1 aromatic heterocycles. The lowest BCUT2D eigenvalue weighted by atomic mass is 10.0. The molecule has 0 saturated heterocycles. The maximum atomic E-state index is 5.56. The van der Waals surface area contributed by atoms with E-state index in [1.807, 2.05) is 6.07 Å². The number of hydrogen-bond donors (Lipinski definition) is 1. The molecule has 1 aliphatic rings. The zero-order valence-electron chi connectivity index (χ0n) is 9.70. The Morgan fingerprint density at radius 2 is 2.11 bits per heavy atom. The van der Waals surface area contributed by atoms with Crippen molar-refractivity contribution in [1.29, 1.82) is 0 Å². The third-order valence-electron chi connectivity index (χ3n) is 2.86. The molecule has 0 amide bonds. The summed E-state index contributed by atoms with van der Waals surface area (Å²) in [6.45, 7) is 2.30. The van der Waals surface area contributed by atoms with Gasteiger partial charge in [-0.1, -0.05) is 12.1 Å². The van der Waals surface area contributed by atoms with E-state index in [1.165, 1.54) is 0 Å². The average Bonchev–Trinajstić information content (AvgIpc) is 2.97. The topological polar surface area (TPSA) is 70.5 Å². The first kappa shape index (κ1) is 11.4. The summed E-state index contributed by atoms with van der Waals surface area (Å²) in [7, 11) is 0. The van der Waals surface area contributed by atoms with E-state index >= 15 is 0 Å². The second kappa shape index (κ2) is 4.20. The predicted molar refractivity (Wildman–Crippen MR) is 69.6 cm³/mol. The predicted octanol–water partition coefficient (Wildman–Crippen LogP) is 2.98. The van der Waals surface area contributed by atoms with Crippen LogP contribution >= 0.6 is 15.9 Å². The van der Waals surface area contributed by atoms with E-state index in [4.69, 9.17) is 19.7 Å². The Labute approximate surface area is 112 Å². The van der Waals surface area contributed by atoms with E-state index in [0.29, 0.717) is 11.6 Å². The Morgan fingerprint density at radius 1 is 1.33 bits per heavy atom. The van der Waals surface area contributed by atoms with E-state index in [-0.39, 0.29) is 6.79 Å². The third-order valence-corrected chi connectivity index (χ3v) is 3.45. The van der Waals surface area contributed by atoms with Crippen molar-refractivity contribution in [3.63, 3.8) is 0 Å². The minimum absolute atomic E-state index is 0.241. The van der Waals surface area contributed by atoms with Crippen LogP contribution in [-0.2, 0) is 6.42 Å². The number of fused-ring (bicyclic) bond motifs is 1. The second-order valence-electron chi connectivity index (χ2n) is 3.92. The van der Waals surface area contributed by atoms with Crippen LogP contribution in [0.3, 0.4) is 0 Å². The lowest BCUT2D eigenvalue weighted by molar-refractivity contribution is 0.173. The molecule has 94 valence electrons. The summed E-state index contributed by atoms with van der Waals surface area (Å²) < 4.78 is 16.7. The van der Waals surface area contributed by atoms with Gasteiger partial charge in [-0.25, -0.2) is 0 Å². The first-order chi connectivity index (χ1) is 8.70. The highest BCUT2D eigenvalue weighted by molar-refractivity contribution is 9.10. The molecule has 6 heteroatoms. The van der Waals surface area contributed by atoms with Crippen LogP contribution in [0.2, 0.25) is 0 Å². The number of nitrogens with two attached hydrogens (primary N) is 1. The molecule has 5 nitrogen and oxygen atoms in total. The number of ether oxygens (including phenoxy) is 2. The lowest BCUT2D eigenvalue weighted by Gasteiger charge is -2.10. The number of nitrogen functional groups attached to an aromatic ring is 1. The van der Waals surface area contributed by atoms with Gasteiger partial charge in [0, 0.05) is 17.2 Å². The fourth-order valence-electron chi connectivity index (χ4n) is 2.08.